The van der Waals surface area contributed by atoms with Gasteiger partial charge in [-0.1, -0.05) is 11.6 Å². The zero-order valence-electron chi connectivity index (χ0n) is 13.3. The molecule has 0 spiro atoms. The average molecular weight is 381 g/mol. The number of carbonyl (C=O) groups is 1. The van der Waals surface area contributed by atoms with Gasteiger partial charge in [-0.25, -0.2) is 18.4 Å². The number of fused-ring (bicyclic) bond motifs is 1. The van der Waals surface area contributed by atoms with E-state index in [1.165, 1.54) is 19.2 Å². The van der Waals surface area contributed by atoms with Gasteiger partial charge >= 0.3 is 11.6 Å². The fraction of sp³-hybridized carbons (Fsp3) is 0.111. The molecule has 134 valence electrons. The van der Waals surface area contributed by atoms with Crippen molar-refractivity contribution in [3.8, 4) is 5.75 Å². The summed E-state index contributed by atoms with van der Waals surface area (Å²) in [6, 6.07) is 7.34. The first kappa shape index (κ1) is 17.9. The van der Waals surface area contributed by atoms with Crippen LogP contribution < -0.4 is 10.4 Å². The predicted molar refractivity (Wildman–Crippen MR) is 89.5 cm³/mol. The Labute approximate surface area is 150 Å². The van der Waals surface area contributed by atoms with Crippen LogP contribution in [-0.2, 0) is 11.3 Å². The summed E-state index contributed by atoms with van der Waals surface area (Å²) in [5, 5.41) is 0.255. The smallest absolute Gasteiger partial charge is 0.340 e. The zero-order valence-corrected chi connectivity index (χ0v) is 14.1. The van der Waals surface area contributed by atoms with Crippen molar-refractivity contribution in [1.29, 1.82) is 0 Å². The Morgan fingerprint density at radius 1 is 1.15 bits per heavy atom. The van der Waals surface area contributed by atoms with Crippen molar-refractivity contribution in [2.75, 3.05) is 7.11 Å². The van der Waals surface area contributed by atoms with Gasteiger partial charge in [0.1, 0.15) is 17.9 Å². The molecule has 1 aromatic heterocycles. The maximum Gasteiger partial charge on any atom is 0.340 e. The van der Waals surface area contributed by atoms with E-state index in [1.54, 1.807) is 12.1 Å². The van der Waals surface area contributed by atoms with Crippen molar-refractivity contribution in [2.24, 2.45) is 0 Å². The first-order valence-electron chi connectivity index (χ1n) is 7.31. The Morgan fingerprint density at radius 2 is 1.88 bits per heavy atom. The van der Waals surface area contributed by atoms with Crippen LogP contribution in [0.4, 0.5) is 8.78 Å². The second-order valence-electron chi connectivity index (χ2n) is 5.28. The maximum absolute atomic E-state index is 13.3. The van der Waals surface area contributed by atoms with Crippen LogP contribution in [0.1, 0.15) is 15.9 Å². The summed E-state index contributed by atoms with van der Waals surface area (Å²) < 4.78 is 41.6. The minimum Gasteiger partial charge on any atom is -0.497 e. The van der Waals surface area contributed by atoms with Gasteiger partial charge in [-0.15, -0.1) is 0 Å². The van der Waals surface area contributed by atoms with Crippen LogP contribution in [0.25, 0.3) is 11.0 Å². The molecule has 0 radical (unpaired) electrons. The van der Waals surface area contributed by atoms with Crippen LogP contribution in [0.15, 0.2) is 45.6 Å². The van der Waals surface area contributed by atoms with Crippen LogP contribution in [0.2, 0.25) is 5.02 Å². The van der Waals surface area contributed by atoms with E-state index in [9.17, 15) is 18.4 Å². The quantitative estimate of drug-likeness (QED) is 0.387. The number of esters is 1. The lowest BCUT2D eigenvalue weighted by atomic mass is 10.1. The highest BCUT2D eigenvalue weighted by Crippen LogP contribution is 2.24. The Balaban J connectivity index is 1.89. The number of rotatable bonds is 4. The molecular weight excluding hydrogens is 370 g/mol. The number of halogens is 3. The Morgan fingerprint density at radius 3 is 2.62 bits per heavy atom. The van der Waals surface area contributed by atoms with E-state index in [4.69, 9.17) is 25.5 Å². The molecule has 0 bridgehead atoms. The molecule has 0 amide bonds. The molecule has 3 rings (SSSR count). The monoisotopic (exact) mass is 380 g/mol. The van der Waals surface area contributed by atoms with Crippen molar-refractivity contribution in [3.63, 3.8) is 0 Å². The molecule has 5 nitrogen and oxygen atoms in total. The number of hydrogen-bond acceptors (Lipinski definition) is 5. The molecule has 1 heterocycles. The molecule has 26 heavy (non-hydrogen) atoms. The molecule has 0 saturated heterocycles. The largest absolute Gasteiger partial charge is 0.497 e. The zero-order chi connectivity index (χ0) is 18.8. The Bertz CT molecular complexity index is 1060. The van der Waals surface area contributed by atoms with Crippen molar-refractivity contribution in [2.45, 2.75) is 6.61 Å². The third kappa shape index (κ3) is 3.52. The van der Waals surface area contributed by atoms with Crippen molar-refractivity contribution < 1.29 is 27.5 Å². The highest BCUT2D eigenvalue weighted by molar-refractivity contribution is 6.33. The van der Waals surface area contributed by atoms with Gasteiger partial charge in [-0.3, -0.25) is 0 Å². The third-order valence-corrected chi connectivity index (χ3v) is 3.94. The van der Waals surface area contributed by atoms with E-state index in [0.29, 0.717) is 28.8 Å². The van der Waals surface area contributed by atoms with Gasteiger partial charge < -0.3 is 13.9 Å². The number of benzene rings is 2. The molecule has 8 heteroatoms. The van der Waals surface area contributed by atoms with E-state index in [0.717, 1.165) is 0 Å². The Kier molecular flexibility index (Phi) is 4.90. The highest BCUT2D eigenvalue weighted by atomic mass is 35.5. The van der Waals surface area contributed by atoms with E-state index < -0.39 is 23.2 Å². The van der Waals surface area contributed by atoms with Crippen LogP contribution >= 0.6 is 11.6 Å². The average Bonchev–Trinajstić information content (AvgIpc) is 2.61. The summed E-state index contributed by atoms with van der Waals surface area (Å²) in [7, 11) is 1.47. The summed E-state index contributed by atoms with van der Waals surface area (Å²) >= 11 is 5.75. The second-order valence-corrected chi connectivity index (χ2v) is 5.68. The van der Waals surface area contributed by atoms with Crippen LogP contribution in [0.5, 0.6) is 5.75 Å². The molecule has 0 aliphatic rings. The maximum atomic E-state index is 13.3. The second kappa shape index (κ2) is 7.13. The molecule has 0 unspecified atom stereocenters. The van der Waals surface area contributed by atoms with E-state index in [2.05, 4.69) is 0 Å². The summed E-state index contributed by atoms with van der Waals surface area (Å²) in [5.74, 6) is -2.86. The van der Waals surface area contributed by atoms with Gasteiger partial charge in [-0.05, 0) is 24.3 Å². The van der Waals surface area contributed by atoms with Crippen molar-refractivity contribution in [1.82, 2.24) is 0 Å². The fourth-order valence-electron chi connectivity index (χ4n) is 2.36. The van der Waals surface area contributed by atoms with E-state index >= 15 is 0 Å². The molecule has 0 aliphatic heterocycles. The number of ether oxygens (including phenoxy) is 2. The minimum atomic E-state index is -1.22. The lowest BCUT2D eigenvalue weighted by Crippen LogP contribution is -2.09. The van der Waals surface area contributed by atoms with Gasteiger partial charge in [0.15, 0.2) is 11.6 Å². The molecule has 2 aromatic carbocycles. The fourth-order valence-corrected chi connectivity index (χ4v) is 2.58. The van der Waals surface area contributed by atoms with Crippen molar-refractivity contribution >= 4 is 28.5 Å². The summed E-state index contributed by atoms with van der Waals surface area (Å²) in [5.41, 5.74) is -0.318. The van der Waals surface area contributed by atoms with Gasteiger partial charge in [0, 0.05) is 23.1 Å². The Hall–Kier alpha value is -2.93. The number of carbonyl (C=O) groups excluding carboxylic acids is 1. The van der Waals surface area contributed by atoms with Gasteiger partial charge in [0.05, 0.1) is 17.7 Å². The summed E-state index contributed by atoms with van der Waals surface area (Å²) in [6.45, 7) is -0.289. The highest BCUT2D eigenvalue weighted by Gasteiger charge is 2.17. The van der Waals surface area contributed by atoms with Crippen LogP contribution in [-0.4, -0.2) is 13.1 Å². The van der Waals surface area contributed by atoms with Crippen LogP contribution in [0.3, 0.4) is 0 Å². The van der Waals surface area contributed by atoms with Gasteiger partial charge in [0.25, 0.3) is 0 Å². The summed E-state index contributed by atoms with van der Waals surface area (Å²) in [4.78, 5) is 23.8. The first-order chi connectivity index (χ1) is 12.4. The summed E-state index contributed by atoms with van der Waals surface area (Å²) in [6.07, 6.45) is 0. The molecule has 0 fully saturated rings. The molecule has 0 N–H and O–H groups in total. The normalized spacial score (nSPS) is 10.8. The van der Waals surface area contributed by atoms with Gasteiger partial charge in [0.2, 0.25) is 0 Å². The predicted octanol–water partition coefficient (Wildman–Crippen LogP) is 4.09. The van der Waals surface area contributed by atoms with Crippen molar-refractivity contribution in [3.05, 3.63) is 74.6 Å². The number of methoxy groups -OCH3 is 1. The first-order valence-corrected chi connectivity index (χ1v) is 7.69. The lowest BCUT2D eigenvalue weighted by molar-refractivity contribution is 0.0473. The SMILES string of the molecule is COc1ccc2c(COC(=O)c3cc(F)c(F)cc3Cl)cc(=O)oc2c1. The molecule has 0 aliphatic carbocycles. The van der Waals surface area contributed by atoms with E-state index in [-0.39, 0.29) is 22.8 Å². The molecule has 0 atom stereocenters. The lowest BCUT2D eigenvalue weighted by Gasteiger charge is -2.09. The molecular formula is C18H11ClF2O5. The topological polar surface area (TPSA) is 65.7 Å². The molecule has 3 aromatic rings. The van der Waals surface area contributed by atoms with Crippen LogP contribution in [0, 0.1) is 11.6 Å². The van der Waals surface area contributed by atoms with Gasteiger partial charge in [-0.2, -0.15) is 0 Å². The minimum absolute atomic E-state index is 0.258. The van der Waals surface area contributed by atoms with E-state index in [1.807, 2.05) is 0 Å². The number of hydrogen-bond donors (Lipinski definition) is 0. The molecule has 0 saturated carbocycles. The standard InChI is InChI=1S/C18H11ClF2O5/c1-24-10-2-3-11-9(4-17(22)26-16(11)5-10)8-25-18(23)12-6-14(20)15(21)7-13(12)19/h2-7H,8H2,1H3. The third-order valence-electron chi connectivity index (χ3n) is 3.63.